The quantitative estimate of drug-likeness (QED) is 0.303. The second-order valence-corrected chi connectivity index (χ2v) is 7.47. The molecule has 29 heavy (non-hydrogen) atoms. The van der Waals surface area contributed by atoms with Crippen molar-refractivity contribution in [3.8, 4) is 0 Å². The first-order valence-electron chi connectivity index (χ1n) is 9.13. The Morgan fingerprint density at radius 2 is 1.76 bits per heavy atom. The van der Waals surface area contributed by atoms with Crippen LogP contribution in [0.5, 0.6) is 0 Å². The first-order valence-corrected chi connectivity index (χ1v) is 10.5. The van der Waals surface area contributed by atoms with Gasteiger partial charge in [0.1, 0.15) is 12.1 Å². The molecule has 10 heteroatoms. The molecule has 3 atom stereocenters. The van der Waals surface area contributed by atoms with Gasteiger partial charge in [-0.1, -0.05) is 30.3 Å². The standard InChI is InChI=1S/C19H28N4O5S/c1-12(19(27)28)22-18(26)15(10-13-6-4-3-5-7-13)23-16(24)11-21-17(25)14(20)8-9-29-2/h3-7,12,14-15H,8-11,20H2,1-2H3,(H,21,25)(H,22,26)(H,23,24)(H,27,28). The summed E-state index contributed by atoms with van der Waals surface area (Å²) in [6, 6.07) is 6.18. The minimum absolute atomic E-state index is 0.173. The van der Waals surface area contributed by atoms with Gasteiger partial charge >= 0.3 is 5.97 Å². The molecule has 1 aromatic rings. The van der Waals surface area contributed by atoms with Crippen molar-refractivity contribution in [1.29, 1.82) is 0 Å². The highest BCUT2D eigenvalue weighted by atomic mass is 32.2. The molecule has 0 bridgehead atoms. The molecule has 0 aliphatic heterocycles. The van der Waals surface area contributed by atoms with E-state index in [0.29, 0.717) is 6.42 Å². The maximum Gasteiger partial charge on any atom is 0.325 e. The van der Waals surface area contributed by atoms with Crippen LogP contribution in [0, 0.1) is 0 Å². The zero-order chi connectivity index (χ0) is 21.8. The Morgan fingerprint density at radius 1 is 1.10 bits per heavy atom. The van der Waals surface area contributed by atoms with Crippen molar-refractivity contribution in [2.75, 3.05) is 18.6 Å². The number of rotatable bonds is 12. The fourth-order valence-electron chi connectivity index (χ4n) is 2.35. The molecule has 0 radical (unpaired) electrons. The van der Waals surface area contributed by atoms with Gasteiger partial charge in [0, 0.05) is 6.42 Å². The van der Waals surface area contributed by atoms with E-state index in [2.05, 4.69) is 16.0 Å². The van der Waals surface area contributed by atoms with Crippen LogP contribution < -0.4 is 21.7 Å². The predicted molar refractivity (Wildman–Crippen MR) is 111 cm³/mol. The molecule has 1 aromatic carbocycles. The minimum atomic E-state index is -1.19. The Kier molecular flexibility index (Phi) is 10.8. The molecule has 0 spiro atoms. The van der Waals surface area contributed by atoms with E-state index in [1.807, 2.05) is 12.3 Å². The summed E-state index contributed by atoms with van der Waals surface area (Å²) in [5, 5.41) is 16.3. The van der Waals surface area contributed by atoms with Gasteiger partial charge in [-0.15, -0.1) is 0 Å². The average Bonchev–Trinajstić information content (AvgIpc) is 2.70. The first kappa shape index (κ1) is 24.4. The summed E-state index contributed by atoms with van der Waals surface area (Å²) in [7, 11) is 0. The zero-order valence-corrected chi connectivity index (χ0v) is 17.3. The lowest BCUT2D eigenvalue weighted by molar-refractivity contribution is -0.141. The summed E-state index contributed by atoms with van der Waals surface area (Å²) in [5.74, 6) is -2.11. The molecule has 0 aromatic heterocycles. The molecule has 0 aliphatic rings. The molecule has 1 rings (SSSR count). The molecule has 6 N–H and O–H groups in total. The van der Waals surface area contributed by atoms with Crippen LogP contribution in [0.3, 0.4) is 0 Å². The Balaban J connectivity index is 2.69. The summed E-state index contributed by atoms with van der Waals surface area (Å²) in [4.78, 5) is 47.6. The van der Waals surface area contributed by atoms with Gasteiger partial charge in [0.25, 0.3) is 0 Å². The molecular formula is C19H28N4O5S. The molecule has 3 amide bonds. The van der Waals surface area contributed by atoms with Gasteiger partial charge in [0.15, 0.2) is 0 Å². The Bertz CT molecular complexity index is 701. The van der Waals surface area contributed by atoms with Gasteiger partial charge in [-0.25, -0.2) is 0 Å². The van der Waals surface area contributed by atoms with Crippen LogP contribution in [0.2, 0.25) is 0 Å². The van der Waals surface area contributed by atoms with E-state index in [1.165, 1.54) is 6.92 Å². The second kappa shape index (κ2) is 12.8. The smallest absolute Gasteiger partial charge is 0.325 e. The Morgan fingerprint density at radius 3 is 2.34 bits per heavy atom. The van der Waals surface area contributed by atoms with E-state index >= 15 is 0 Å². The summed E-state index contributed by atoms with van der Waals surface area (Å²) < 4.78 is 0. The average molecular weight is 425 g/mol. The largest absolute Gasteiger partial charge is 0.480 e. The van der Waals surface area contributed by atoms with E-state index in [0.717, 1.165) is 11.3 Å². The van der Waals surface area contributed by atoms with Crippen LogP contribution in [-0.4, -0.2) is 65.5 Å². The molecule has 0 saturated heterocycles. The number of hydrogen-bond donors (Lipinski definition) is 5. The molecular weight excluding hydrogens is 396 g/mol. The number of nitrogens with two attached hydrogens (primary N) is 1. The van der Waals surface area contributed by atoms with Gasteiger partial charge < -0.3 is 26.8 Å². The SMILES string of the molecule is CSCCC(N)C(=O)NCC(=O)NC(Cc1ccccc1)C(=O)NC(C)C(=O)O. The number of carboxylic acids is 1. The summed E-state index contributed by atoms with van der Waals surface area (Å²) >= 11 is 1.57. The summed E-state index contributed by atoms with van der Waals surface area (Å²) in [5.41, 5.74) is 6.54. The predicted octanol–water partition coefficient (Wildman–Crippen LogP) is -0.500. The first-order chi connectivity index (χ1) is 13.7. The van der Waals surface area contributed by atoms with Gasteiger partial charge in [0.2, 0.25) is 17.7 Å². The van der Waals surface area contributed by atoms with Crippen molar-refractivity contribution < 1.29 is 24.3 Å². The monoisotopic (exact) mass is 424 g/mol. The fourth-order valence-corrected chi connectivity index (χ4v) is 2.84. The van der Waals surface area contributed by atoms with Crippen molar-refractivity contribution in [3.05, 3.63) is 35.9 Å². The Labute approximate surface area is 174 Å². The number of amides is 3. The summed E-state index contributed by atoms with van der Waals surface area (Å²) in [6.07, 6.45) is 2.56. The number of thioether (sulfide) groups is 1. The number of hydrogen-bond acceptors (Lipinski definition) is 6. The van der Waals surface area contributed by atoms with E-state index in [-0.39, 0.29) is 13.0 Å². The Hall–Kier alpha value is -2.59. The van der Waals surface area contributed by atoms with Crippen LogP contribution in [0.25, 0.3) is 0 Å². The third-order valence-corrected chi connectivity index (χ3v) is 4.70. The third kappa shape index (κ3) is 9.44. The van der Waals surface area contributed by atoms with Gasteiger partial charge in [-0.2, -0.15) is 11.8 Å². The number of carbonyl (C=O) groups excluding carboxylic acids is 3. The lowest BCUT2D eigenvalue weighted by Gasteiger charge is -2.20. The number of nitrogens with one attached hydrogen (secondary N) is 3. The van der Waals surface area contributed by atoms with Crippen molar-refractivity contribution in [3.63, 3.8) is 0 Å². The summed E-state index contributed by atoms with van der Waals surface area (Å²) in [6.45, 7) is 0.997. The van der Waals surface area contributed by atoms with E-state index < -0.39 is 41.8 Å². The number of carboxylic acid groups (broad SMARTS) is 1. The normalized spacial score (nSPS) is 13.6. The van der Waals surface area contributed by atoms with Crippen LogP contribution in [-0.2, 0) is 25.6 Å². The topological polar surface area (TPSA) is 151 Å². The van der Waals surface area contributed by atoms with Crippen LogP contribution >= 0.6 is 11.8 Å². The maximum atomic E-state index is 12.5. The van der Waals surface area contributed by atoms with Gasteiger partial charge in [-0.3, -0.25) is 19.2 Å². The molecule has 0 aliphatic carbocycles. The van der Waals surface area contributed by atoms with Crippen molar-refractivity contribution in [2.24, 2.45) is 5.73 Å². The molecule has 3 unspecified atom stereocenters. The van der Waals surface area contributed by atoms with Gasteiger partial charge in [0.05, 0.1) is 12.6 Å². The molecule has 9 nitrogen and oxygen atoms in total. The molecule has 0 heterocycles. The highest BCUT2D eigenvalue weighted by Gasteiger charge is 2.25. The maximum absolute atomic E-state index is 12.5. The molecule has 160 valence electrons. The van der Waals surface area contributed by atoms with Gasteiger partial charge in [-0.05, 0) is 30.9 Å². The third-order valence-electron chi connectivity index (χ3n) is 4.06. The second-order valence-electron chi connectivity index (χ2n) is 6.48. The lowest BCUT2D eigenvalue weighted by atomic mass is 10.0. The van der Waals surface area contributed by atoms with E-state index in [9.17, 15) is 19.2 Å². The lowest BCUT2D eigenvalue weighted by Crippen LogP contribution is -2.54. The molecule has 0 saturated carbocycles. The fraction of sp³-hybridized carbons (Fsp3) is 0.474. The van der Waals surface area contributed by atoms with Crippen LogP contribution in [0.1, 0.15) is 18.9 Å². The highest BCUT2D eigenvalue weighted by Crippen LogP contribution is 2.04. The molecule has 0 fully saturated rings. The number of benzene rings is 1. The zero-order valence-electron chi connectivity index (χ0n) is 16.5. The van der Waals surface area contributed by atoms with E-state index in [1.54, 1.807) is 36.0 Å². The van der Waals surface area contributed by atoms with Crippen molar-refractivity contribution >= 4 is 35.5 Å². The number of carbonyl (C=O) groups is 4. The van der Waals surface area contributed by atoms with Crippen molar-refractivity contribution in [2.45, 2.75) is 37.9 Å². The number of aliphatic carboxylic acids is 1. The van der Waals surface area contributed by atoms with Crippen LogP contribution in [0.15, 0.2) is 30.3 Å². The highest BCUT2D eigenvalue weighted by molar-refractivity contribution is 7.98. The minimum Gasteiger partial charge on any atom is -0.480 e. The van der Waals surface area contributed by atoms with E-state index in [4.69, 9.17) is 10.8 Å². The van der Waals surface area contributed by atoms with Crippen LogP contribution in [0.4, 0.5) is 0 Å². The van der Waals surface area contributed by atoms with Crippen molar-refractivity contribution in [1.82, 2.24) is 16.0 Å².